The third kappa shape index (κ3) is 3.25. The van der Waals surface area contributed by atoms with Crippen molar-refractivity contribution in [3.05, 3.63) is 30.0 Å². The Morgan fingerprint density at radius 1 is 1.37 bits per heavy atom. The van der Waals surface area contributed by atoms with Crippen LogP contribution in [0.4, 0.5) is 0 Å². The van der Waals surface area contributed by atoms with Crippen LogP contribution < -0.4 is 4.74 Å². The van der Waals surface area contributed by atoms with Gasteiger partial charge in [0.2, 0.25) is 5.88 Å². The molecule has 1 unspecified atom stereocenters. The lowest BCUT2D eigenvalue weighted by molar-refractivity contribution is 0.167. The second-order valence-electron chi connectivity index (χ2n) is 4.12. The molecule has 2 aromatic heterocycles. The minimum atomic E-state index is -0.752. The van der Waals surface area contributed by atoms with Crippen LogP contribution in [0.5, 0.6) is 5.88 Å². The summed E-state index contributed by atoms with van der Waals surface area (Å²) in [5.74, 6) is 1.16. The molecule has 0 aromatic carbocycles. The Bertz CT molecular complexity index is 511. The Morgan fingerprint density at radius 3 is 2.84 bits per heavy atom. The van der Waals surface area contributed by atoms with Gasteiger partial charge in [-0.25, -0.2) is 4.98 Å². The molecule has 0 amide bonds. The summed E-state index contributed by atoms with van der Waals surface area (Å²) in [5.41, 5.74) is 0.492. The van der Waals surface area contributed by atoms with E-state index in [0.717, 1.165) is 18.8 Å². The average molecular weight is 263 g/mol. The highest BCUT2D eigenvalue weighted by Gasteiger charge is 2.15. The molecule has 2 heterocycles. The lowest BCUT2D eigenvalue weighted by atomic mass is 10.1. The van der Waals surface area contributed by atoms with Crippen LogP contribution >= 0.6 is 0 Å². The van der Waals surface area contributed by atoms with Crippen LogP contribution in [0, 0.1) is 0 Å². The Kier molecular flexibility index (Phi) is 4.40. The molecule has 19 heavy (non-hydrogen) atoms. The van der Waals surface area contributed by atoms with Crippen LogP contribution in [0.1, 0.15) is 31.0 Å². The fourth-order valence-electron chi connectivity index (χ4n) is 1.74. The van der Waals surface area contributed by atoms with Gasteiger partial charge in [0.25, 0.3) is 0 Å². The van der Waals surface area contributed by atoms with Crippen LogP contribution in [0.3, 0.4) is 0 Å². The van der Waals surface area contributed by atoms with Gasteiger partial charge < -0.3 is 9.84 Å². The molecule has 7 nitrogen and oxygen atoms in total. The summed E-state index contributed by atoms with van der Waals surface area (Å²) < 4.78 is 6.72. The predicted octanol–water partition coefficient (Wildman–Crippen LogP) is 0.763. The Labute approximate surface area is 111 Å². The number of rotatable bonds is 6. The van der Waals surface area contributed by atoms with Gasteiger partial charge in [0.05, 0.1) is 12.8 Å². The quantitative estimate of drug-likeness (QED) is 0.828. The van der Waals surface area contributed by atoms with Crippen LogP contribution in [0.25, 0.3) is 0 Å². The molecular weight excluding hydrogens is 246 g/mol. The Hall–Kier alpha value is -2.02. The summed E-state index contributed by atoms with van der Waals surface area (Å²) in [7, 11) is 1.52. The maximum atomic E-state index is 10.1. The topological polar surface area (TPSA) is 86.0 Å². The van der Waals surface area contributed by atoms with Crippen molar-refractivity contribution in [3.63, 3.8) is 0 Å². The molecule has 2 rings (SSSR count). The van der Waals surface area contributed by atoms with Gasteiger partial charge in [-0.2, -0.15) is 5.10 Å². The van der Waals surface area contributed by atoms with Crippen molar-refractivity contribution >= 4 is 0 Å². The molecule has 102 valence electrons. The third-order valence-corrected chi connectivity index (χ3v) is 2.72. The van der Waals surface area contributed by atoms with Crippen LogP contribution in [0.2, 0.25) is 0 Å². The predicted molar refractivity (Wildman–Crippen MR) is 67.6 cm³/mol. The van der Waals surface area contributed by atoms with Crippen molar-refractivity contribution in [3.8, 4) is 5.88 Å². The summed E-state index contributed by atoms with van der Waals surface area (Å²) in [4.78, 5) is 4.15. The zero-order chi connectivity index (χ0) is 13.7. The molecule has 0 saturated heterocycles. The molecule has 0 aliphatic carbocycles. The molecule has 0 aliphatic rings. The number of aliphatic hydroxyl groups is 1. The number of aryl methyl sites for hydroxylation is 1. The van der Waals surface area contributed by atoms with Gasteiger partial charge in [0.1, 0.15) is 18.3 Å². The molecule has 0 saturated carbocycles. The monoisotopic (exact) mass is 263 g/mol. The molecule has 0 spiro atoms. The standard InChI is InChI=1S/C12H17N5O2/c1-3-6-17-11(13-8-14-17)7-10(18)9-4-5-12(19-2)16-15-9/h4-5,8,10,18H,3,6-7H2,1-2H3. The van der Waals surface area contributed by atoms with Gasteiger partial charge >= 0.3 is 0 Å². The summed E-state index contributed by atoms with van der Waals surface area (Å²) >= 11 is 0. The van der Waals surface area contributed by atoms with Gasteiger partial charge in [0, 0.05) is 19.0 Å². The van der Waals surface area contributed by atoms with Crippen molar-refractivity contribution in [2.45, 2.75) is 32.4 Å². The largest absolute Gasteiger partial charge is 0.480 e. The zero-order valence-electron chi connectivity index (χ0n) is 11.0. The molecule has 1 atom stereocenters. The van der Waals surface area contributed by atoms with Gasteiger partial charge in [-0.1, -0.05) is 6.92 Å². The fourth-order valence-corrected chi connectivity index (χ4v) is 1.74. The van der Waals surface area contributed by atoms with Gasteiger partial charge in [-0.3, -0.25) is 4.68 Å². The second-order valence-corrected chi connectivity index (χ2v) is 4.12. The van der Waals surface area contributed by atoms with E-state index >= 15 is 0 Å². The van der Waals surface area contributed by atoms with Crippen molar-refractivity contribution in [2.75, 3.05) is 7.11 Å². The van der Waals surface area contributed by atoms with E-state index in [0.29, 0.717) is 18.0 Å². The number of ether oxygens (including phenoxy) is 1. The number of hydrogen-bond donors (Lipinski definition) is 1. The van der Waals surface area contributed by atoms with E-state index < -0.39 is 6.10 Å². The maximum absolute atomic E-state index is 10.1. The average Bonchev–Trinajstić information content (AvgIpc) is 2.86. The highest BCUT2D eigenvalue weighted by molar-refractivity contribution is 5.13. The first kappa shape index (κ1) is 13.4. The molecule has 2 aromatic rings. The van der Waals surface area contributed by atoms with E-state index in [2.05, 4.69) is 27.2 Å². The minimum Gasteiger partial charge on any atom is -0.480 e. The van der Waals surface area contributed by atoms with Crippen molar-refractivity contribution < 1.29 is 9.84 Å². The fraction of sp³-hybridized carbons (Fsp3) is 0.500. The number of hydrogen-bond acceptors (Lipinski definition) is 6. The molecule has 0 bridgehead atoms. The summed E-state index contributed by atoms with van der Waals surface area (Å²) in [6, 6.07) is 3.36. The smallest absolute Gasteiger partial charge is 0.233 e. The van der Waals surface area contributed by atoms with E-state index in [1.165, 1.54) is 13.4 Å². The maximum Gasteiger partial charge on any atom is 0.233 e. The number of nitrogens with zero attached hydrogens (tertiary/aromatic N) is 5. The highest BCUT2D eigenvalue weighted by Crippen LogP contribution is 2.16. The van der Waals surface area contributed by atoms with Crippen molar-refractivity contribution in [1.29, 1.82) is 0 Å². The van der Waals surface area contributed by atoms with Crippen molar-refractivity contribution in [1.82, 2.24) is 25.0 Å². The van der Waals surface area contributed by atoms with E-state index in [4.69, 9.17) is 4.74 Å². The first-order chi connectivity index (χ1) is 9.24. The minimum absolute atomic E-state index is 0.362. The first-order valence-electron chi connectivity index (χ1n) is 6.17. The molecule has 0 radical (unpaired) electrons. The summed E-state index contributed by atoms with van der Waals surface area (Å²) in [6.45, 7) is 2.85. The molecule has 7 heteroatoms. The summed E-state index contributed by atoms with van der Waals surface area (Å²) in [5, 5.41) is 22.0. The van der Waals surface area contributed by atoms with E-state index in [-0.39, 0.29) is 0 Å². The highest BCUT2D eigenvalue weighted by atomic mass is 16.5. The van der Waals surface area contributed by atoms with Gasteiger partial charge in [-0.15, -0.1) is 10.2 Å². The SMILES string of the molecule is CCCn1ncnc1CC(O)c1ccc(OC)nn1. The number of aromatic nitrogens is 5. The van der Waals surface area contributed by atoms with E-state index in [9.17, 15) is 5.11 Å². The lowest BCUT2D eigenvalue weighted by Crippen LogP contribution is -2.11. The van der Waals surface area contributed by atoms with Gasteiger partial charge in [0.15, 0.2) is 0 Å². The normalized spacial score (nSPS) is 12.4. The van der Waals surface area contributed by atoms with Crippen molar-refractivity contribution in [2.24, 2.45) is 0 Å². The van der Waals surface area contributed by atoms with Crippen LogP contribution in [0.15, 0.2) is 18.5 Å². The number of methoxy groups -OCH3 is 1. The lowest BCUT2D eigenvalue weighted by Gasteiger charge is -2.10. The molecule has 0 fully saturated rings. The second kappa shape index (κ2) is 6.24. The first-order valence-corrected chi connectivity index (χ1v) is 6.17. The van der Waals surface area contributed by atoms with E-state index in [1.54, 1.807) is 16.8 Å². The van der Waals surface area contributed by atoms with Crippen LogP contribution in [-0.4, -0.2) is 37.2 Å². The molecular formula is C12H17N5O2. The molecule has 1 N–H and O–H groups in total. The zero-order valence-corrected chi connectivity index (χ0v) is 11.0. The molecule has 0 aliphatic heterocycles. The van der Waals surface area contributed by atoms with Gasteiger partial charge in [-0.05, 0) is 12.5 Å². The Morgan fingerprint density at radius 2 is 2.21 bits per heavy atom. The third-order valence-electron chi connectivity index (χ3n) is 2.72. The number of aliphatic hydroxyl groups excluding tert-OH is 1. The Balaban J connectivity index is 2.06. The summed E-state index contributed by atoms with van der Waals surface area (Å²) in [6.07, 6.45) is 2.07. The van der Waals surface area contributed by atoms with E-state index in [1.807, 2.05) is 0 Å². The van der Waals surface area contributed by atoms with Crippen LogP contribution in [-0.2, 0) is 13.0 Å².